The number of nitrogens with two attached hydrogens (primary N) is 1. The second-order valence-electron chi connectivity index (χ2n) is 3.08. The largest absolute Gasteiger partial charge is 0.485 e. The van der Waals surface area contributed by atoms with E-state index < -0.39 is 18.1 Å². The fraction of sp³-hybridized carbons (Fsp3) is 0.222. The van der Waals surface area contributed by atoms with Crippen molar-refractivity contribution in [2.75, 3.05) is 11.9 Å². The van der Waals surface area contributed by atoms with E-state index in [1.54, 1.807) is 12.1 Å². The summed E-state index contributed by atoms with van der Waals surface area (Å²) >= 11 is 0. The Morgan fingerprint density at radius 2 is 2.50 bits per heavy atom. The fourth-order valence-electron chi connectivity index (χ4n) is 1.27. The Hall–Kier alpha value is -2.31. The summed E-state index contributed by atoms with van der Waals surface area (Å²) < 4.78 is 9.84. The van der Waals surface area contributed by atoms with Gasteiger partial charge in [0.25, 0.3) is 5.91 Å². The van der Waals surface area contributed by atoms with E-state index in [2.05, 4.69) is 15.0 Å². The standard InChI is InChI=1S/C9H9N3O4/c10-9(14)16-6-4-15-5-2-1-3-11-7(5)12-8(6)13/h1-3,6H,4H2,(H2,10,14)(H,11,12,13)/t6-/m0/s1. The monoisotopic (exact) mass is 223 g/mol. The van der Waals surface area contributed by atoms with Crippen LogP contribution >= 0.6 is 0 Å². The molecule has 0 saturated heterocycles. The van der Waals surface area contributed by atoms with Gasteiger partial charge in [-0.05, 0) is 12.1 Å². The van der Waals surface area contributed by atoms with Gasteiger partial charge in [0.15, 0.2) is 11.6 Å². The molecule has 0 radical (unpaired) electrons. The van der Waals surface area contributed by atoms with Gasteiger partial charge in [-0.25, -0.2) is 9.78 Å². The zero-order chi connectivity index (χ0) is 11.5. The number of hydrogen-bond acceptors (Lipinski definition) is 5. The molecule has 7 heteroatoms. The first-order chi connectivity index (χ1) is 7.66. The maximum Gasteiger partial charge on any atom is 0.405 e. The number of nitrogens with one attached hydrogen (secondary N) is 1. The number of rotatable bonds is 1. The van der Waals surface area contributed by atoms with E-state index in [-0.39, 0.29) is 6.61 Å². The first-order valence-corrected chi connectivity index (χ1v) is 4.51. The van der Waals surface area contributed by atoms with Crippen LogP contribution in [0.15, 0.2) is 18.3 Å². The summed E-state index contributed by atoms with van der Waals surface area (Å²) in [5, 5.41) is 2.47. The Bertz CT molecular complexity index is 435. The highest BCUT2D eigenvalue weighted by molar-refractivity contribution is 5.96. The van der Waals surface area contributed by atoms with Gasteiger partial charge < -0.3 is 20.5 Å². The highest BCUT2D eigenvalue weighted by atomic mass is 16.6. The Labute approximate surface area is 90.5 Å². The molecule has 2 rings (SSSR count). The number of hydrogen-bond donors (Lipinski definition) is 2. The van der Waals surface area contributed by atoms with Crippen molar-refractivity contribution in [2.24, 2.45) is 5.73 Å². The van der Waals surface area contributed by atoms with Crippen molar-refractivity contribution in [2.45, 2.75) is 6.10 Å². The van der Waals surface area contributed by atoms with Gasteiger partial charge >= 0.3 is 6.09 Å². The average molecular weight is 223 g/mol. The molecule has 1 aliphatic heterocycles. The third-order valence-corrected chi connectivity index (χ3v) is 1.95. The van der Waals surface area contributed by atoms with Crippen LogP contribution < -0.4 is 15.8 Å². The first kappa shape index (κ1) is 10.2. The van der Waals surface area contributed by atoms with Crippen molar-refractivity contribution in [1.82, 2.24) is 4.98 Å². The van der Waals surface area contributed by atoms with E-state index >= 15 is 0 Å². The Kier molecular flexibility index (Phi) is 2.59. The maximum absolute atomic E-state index is 11.5. The normalized spacial score (nSPS) is 18.8. The summed E-state index contributed by atoms with van der Waals surface area (Å²) in [5.41, 5.74) is 4.83. The number of nitrogens with zero attached hydrogens (tertiary/aromatic N) is 1. The molecule has 2 heterocycles. The van der Waals surface area contributed by atoms with Crippen LogP contribution in [0.25, 0.3) is 0 Å². The van der Waals surface area contributed by atoms with Gasteiger partial charge in [-0.15, -0.1) is 0 Å². The van der Waals surface area contributed by atoms with Crippen LogP contribution in [0.3, 0.4) is 0 Å². The van der Waals surface area contributed by atoms with E-state index in [1.165, 1.54) is 6.20 Å². The van der Waals surface area contributed by atoms with E-state index in [4.69, 9.17) is 10.5 Å². The summed E-state index contributed by atoms with van der Waals surface area (Å²) in [4.78, 5) is 26.0. The van der Waals surface area contributed by atoms with Crippen molar-refractivity contribution < 1.29 is 19.1 Å². The summed E-state index contributed by atoms with van der Waals surface area (Å²) in [5.74, 6) is 0.200. The lowest BCUT2D eigenvalue weighted by Gasteiger charge is -2.11. The van der Waals surface area contributed by atoms with E-state index in [1.807, 2.05) is 0 Å². The number of pyridine rings is 1. The van der Waals surface area contributed by atoms with Crippen LogP contribution in [-0.4, -0.2) is 29.7 Å². The summed E-state index contributed by atoms with van der Waals surface area (Å²) in [6, 6.07) is 3.31. The van der Waals surface area contributed by atoms with Crippen LogP contribution in [0.5, 0.6) is 5.75 Å². The molecule has 1 atom stereocenters. The highest BCUT2D eigenvalue weighted by Gasteiger charge is 2.27. The van der Waals surface area contributed by atoms with E-state index in [9.17, 15) is 9.59 Å². The Morgan fingerprint density at radius 3 is 3.25 bits per heavy atom. The molecule has 0 saturated carbocycles. The van der Waals surface area contributed by atoms with E-state index in [0.29, 0.717) is 11.6 Å². The molecule has 0 aromatic carbocycles. The second kappa shape index (κ2) is 4.05. The first-order valence-electron chi connectivity index (χ1n) is 4.51. The molecule has 1 aromatic heterocycles. The molecule has 16 heavy (non-hydrogen) atoms. The average Bonchev–Trinajstić information content (AvgIpc) is 2.39. The van der Waals surface area contributed by atoms with Crippen molar-refractivity contribution in [3.8, 4) is 5.75 Å². The molecule has 0 spiro atoms. The fourth-order valence-corrected chi connectivity index (χ4v) is 1.27. The van der Waals surface area contributed by atoms with Crippen LogP contribution in [0.2, 0.25) is 0 Å². The van der Waals surface area contributed by atoms with Gasteiger partial charge in [-0.2, -0.15) is 0 Å². The molecule has 0 fully saturated rings. The molecule has 0 aliphatic carbocycles. The zero-order valence-electron chi connectivity index (χ0n) is 8.17. The van der Waals surface area contributed by atoms with Crippen molar-refractivity contribution in [3.63, 3.8) is 0 Å². The molecule has 84 valence electrons. The van der Waals surface area contributed by atoms with Gasteiger partial charge in [0, 0.05) is 6.20 Å². The summed E-state index contributed by atoms with van der Waals surface area (Å²) in [6.07, 6.45) is -0.577. The van der Waals surface area contributed by atoms with Gasteiger partial charge in [0.05, 0.1) is 0 Å². The molecule has 3 N–H and O–H groups in total. The Balaban J connectivity index is 2.18. The smallest absolute Gasteiger partial charge is 0.405 e. The van der Waals surface area contributed by atoms with Crippen LogP contribution in [-0.2, 0) is 9.53 Å². The van der Waals surface area contributed by atoms with Gasteiger partial charge in [-0.3, -0.25) is 4.79 Å². The SMILES string of the molecule is NC(=O)O[C@H]1COc2cccnc2NC1=O. The third-order valence-electron chi connectivity index (χ3n) is 1.95. The predicted molar refractivity (Wildman–Crippen MR) is 52.8 cm³/mol. The minimum Gasteiger partial charge on any atom is -0.485 e. The van der Waals surface area contributed by atoms with Gasteiger partial charge in [-0.1, -0.05) is 0 Å². The number of carbonyl (C=O) groups excluding carboxylic acids is 2. The number of carbonyl (C=O) groups is 2. The van der Waals surface area contributed by atoms with Crippen molar-refractivity contribution >= 4 is 17.8 Å². The minimum absolute atomic E-state index is 0.0898. The van der Waals surface area contributed by atoms with E-state index in [0.717, 1.165) is 0 Å². The zero-order valence-corrected chi connectivity index (χ0v) is 8.17. The van der Waals surface area contributed by atoms with Crippen LogP contribution in [0.1, 0.15) is 0 Å². The second-order valence-corrected chi connectivity index (χ2v) is 3.08. The summed E-state index contributed by atoms with van der Waals surface area (Å²) in [7, 11) is 0. The number of aromatic nitrogens is 1. The summed E-state index contributed by atoms with van der Waals surface area (Å²) in [6.45, 7) is -0.0898. The molecule has 1 aliphatic rings. The van der Waals surface area contributed by atoms with Crippen LogP contribution in [0, 0.1) is 0 Å². The Morgan fingerprint density at radius 1 is 1.69 bits per heavy atom. The minimum atomic E-state index is -1.06. The maximum atomic E-state index is 11.5. The molecular formula is C9H9N3O4. The molecule has 0 unspecified atom stereocenters. The highest BCUT2D eigenvalue weighted by Crippen LogP contribution is 2.23. The molecular weight excluding hydrogens is 214 g/mol. The quantitative estimate of drug-likeness (QED) is 0.690. The number of primary amides is 1. The van der Waals surface area contributed by atoms with Gasteiger partial charge in [0.2, 0.25) is 6.10 Å². The van der Waals surface area contributed by atoms with Crippen LogP contribution in [0.4, 0.5) is 10.6 Å². The third kappa shape index (κ3) is 2.02. The predicted octanol–water partition coefficient (Wildman–Crippen LogP) is -0.124. The number of fused-ring (bicyclic) bond motifs is 1. The molecule has 2 amide bonds. The number of ether oxygens (including phenoxy) is 2. The molecule has 0 bridgehead atoms. The lowest BCUT2D eigenvalue weighted by Crippen LogP contribution is -2.37. The number of amides is 2. The lowest BCUT2D eigenvalue weighted by molar-refractivity contribution is -0.125. The van der Waals surface area contributed by atoms with Crippen molar-refractivity contribution in [1.29, 1.82) is 0 Å². The molecule has 7 nitrogen and oxygen atoms in total. The van der Waals surface area contributed by atoms with Gasteiger partial charge in [0.1, 0.15) is 6.61 Å². The number of anilines is 1. The van der Waals surface area contributed by atoms with Crippen molar-refractivity contribution in [3.05, 3.63) is 18.3 Å². The lowest BCUT2D eigenvalue weighted by atomic mass is 10.3. The topological polar surface area (TPSA) is 104 Å². The molecule has 1 aromatic rings.